The maximum Gasteiger partial charge on any atom is 0.306 e. The molecule has 0 radical (unpaired) electrons. The molecule has 4 nitrogen and oxygen atoms in total. The van der Waals surface area contributed by atoms with Gasteiger partial charge < -0.3 is 9.29 Å². The van der Waals surface area contributed by atoms with Gasteiger partial charge in [0.05, 0.1) is 11.9 Å². The molecule has 2 unspecified atom stereocenters. The van der Waals surface area contributed by atoms with Gasteiger partial charge in [0.1, 0.15) is 5.75 Å². The lowest BCUT2D eigenvalue weighted by Crippen LogP contribution is -2.39. The molecule has 2 aromatic carbocycles. The Morgan fingerprint density at radius 3 is 1.85 bits per heavy atom. The van der Waals surface area contributed by atoms with Gasteiger partial charge in [0.15, 0.2) is 0 Å². The van der Waals surface area contributed by atoms with Gasteiger partial charge in [-0.2, -0.15) is 8.42 Å². The maximum atomic E-state index is 11.6. The van der Waals surface area contributed by atoms with Crippen molar-refractivity contribution in [3.63, 3.8) is 0 Å². The first-order valence-electron chi connectivity index (χ1n) is 12.7. The zero-order valence-electron chi connectivity index (χ0n) is 22.3. The van der Waals surface area contributed by atoms with Gasteiger partial charge in [-0.25, -0.2) is 0 Å². The third kappa shape index (κ3) is 6.23. The fourth-order valence-corrected chi connectivity index (χ4v) is 5.88. The zero-order chi connectivity index (χ0) is 25.7. The number of aryl methyl sites for hydroxylation is 1. The van der Waals surface area contributed by atoms with Crippen molar-refractivity contribution < 1.29 is 17.7 Å². The zero-order valence-corrected chi connectivity index (χ0v) is 23.1. The van der Waals surface area contributed by atoms with Gasteiger partial charge in [-0.1, -0.05) is 77.9 Å². The summed E-state index contributed by atoms with van der Waals surface area (Å²) in [5.74, 6) is 0.982. The van der Waals surface area contributed by atoms with Crippen molar-refractivity contribution in [2.24, 2.45) is 11.8 Å². The van der Waals surface area contributed by atoms with Crippen LogP contribution < -0.4 is 4.18 Å². The second kappa shape index (κ2) is 11.3. The van der Waals surface area contributed by atoms with E-state index < -0.39 is 15.7 Å². The van der Waals surface area contributed by atoms with Gasteiger partial charge in [-0.05, 0) is 79.2 Å². The first kappa shape index (κ1) is 28.4. The van der Waals surface area contributed by atoms with Crippen molar-refractivity contribution in [1.29, 1.82) is 0 Å². The summed E-state index contributed by atoms with van der Waals surface area (Å²) in [5, 5.41) is 10.9. The highest BCUT2D eigenvalue weighted by Gasteiger charge is 2.34. The van der Waals surface area contributed by atoms with E-state index in [0.717, 1.165) is 43.9 Å². The maximum absolute atomic E-state index is 11.6. The van der Waals surface area contributed by atoms with Crippen molar-refractivity contribution in [3.8, 4) is 5.75 Å². The first-order chi connectivity index (χ1) is 15.9. The van der Waals surface area contributed by atoms with Crippen molar-refractivity contribution in [1.82, 2.24) is 0 Å². The van der Waals surface area contributed by atoms with Crippen LogP contribution >= 0.6 is 0 Å². The van der Waals surface area contributed by atoms with E-state index in [1.165, 1.54) is 16.7 Å². The number of rotatable bonds is 12. The van der Waals surface area contributed by atoms with Crippen molar-refractivity contribution in [2.45, 2.75) is 91.6 Å². The summed E-state index contributed by atoms with van der Waals surface area (Å²) in [6.07, 6.45) is 5.42. The topological polar surface area (TPSA) is 63.6 Å². The van der Waals surface area contributed by atoms with Crippen molar-refractivity contribution in [3.05, 3.63) is 64.7 Å². The molecule has 0 fully saturated rings. The van der Waals surface area contributed by atoms with Crippen LogP contribution in [0.3, 0.4) is 0 Å². The van der Waals surface area contributed by atoms with Gasteiger partial charge >= 0.3 is 10.1 Å². The average Bonchev–Trinajstić information content (AvgIpc) is 2.81. The highest BCUT2D eigenvalue weighted by atomic mass is 32.2. The lowest BCUT2D eigenvalue weighted by molar-refractivity contribution is -0.0386. The minimum absolute atomic E-state index is 0.156. The van der Waals surface area contributed by atoms with Crippen LogP contribution in [0.4, 0.5) is 0 Å². The fourth-order valence-electron chi connectivity index (χ4n) is 5.37. The number of aliphatic hydroxyl groups is 1. The Kier molecular flexibility index (Phi) is 9.40. The summed E-state index contributed by atoms with van der Waals surface area (Å²) >= 11 is 0. The third-order valence-electron chi connectivity index (χ3n) is 8.17. The SMILES string of the molecule is CCC(CC)(c1ccc(CC(C)C(C)C(O)(CC)CC)cc1)c1ccc(OS(C)(=O)=O)c(C)c1. The lowest BCUT2D eigenvalue weighted by Gasteiger charge is -2.36. The van der Waals surface area contributed by atoms with Crippen LogP contribution in [0.2, 0.25) is 0 Å². The smallest absolute Gasteiger partial charge is 0.306 e. The summed E-state index contributed by atoms with van der Waals surface area (Å²) in [4.78, 5) is 0. The second-order valence-electron chi connectivity index (χ2n) is 10.0. The molecular weight excluding hydrogens is 444 g/mol. The summed E-state index contributed by atoms with van der Waals surface area (Å²) in [6, 6.07) is 14.7. The second-order valence-corrected chi connectivity index (χ2v) is 11.6. The molecule has 1 N–H and O–H groups in total. The molecule has 2 atom stereocenters. The molecule has 0 saturated carbocycles. The molecule has 0 aliphatic heterocycles. The van der Waals surface area contributed by atoms with Crippen LogP contribution in [-0.2, 0) is 22.0 Å². The molecule has 2 rings (SSSR count). The fraction of sp³-hybridized carbons (Fsp3) is 0.586. The largest absolute Gasteiger partial charge is 0.390 e. The Hall–Kier alpha value is -1.85. The van der Waals surface area contributed by atoms with E-state index >= 15 is 0 Å². The Bertz CT molecular complexity index is 1030. The normalized spacial score (nSPS) is 14.6. The Balaban J connectivity index is 2.33. The molecule has 0 aliphatic rings. The molecule has 5 heteroatoms. The molecule has 0 bridgehead atoms. The summed E-state index contributed by atoms with van der Waals surface area (Å²) < 4.78 is 28.3. The van der Waals surface area contributed by atoms with Crippen molar-refractivity contribution >= 4 is 10.1 Å². The Labute approximate surface area is 207 Å². The van der Waals surface area contributed by atoms with Gasteiger partial charge in [-0.15, -0.1) is 0 Å². The van der Waals surface area contributed by atoms with E-state index in [4.69, 9.17) is 4.18 Å². The van der Waals surface area contributed by atoms with Crippen LogP contribution in [0.5, 0.6) is 5.75 Å². The molecule has 0 spiro atoms. The Morgan fingerprint density at radius 1 is 0.882 bits per heavy atom. The molecule has 0 amide bonds. The van der Waals surface area contributed by atoms with Crippen LogP contribution in [0.25, 0.3) is 0 Å². The van der Waals surface area contributed by atoms with E-state index in [1.807, 2.05) is 13.0 Å². The summed E-state index contributed by atoms with van der Waals surface area (Å²) in [5.41, 5.74) is 3.76. The number of benzene rings is 2. The van der Waals surface area contributed by atoms with Gasteiger partial charge in [-0.3, -0.25) is 0 Å². The number of hydrogen-bond acceptors (Lipinski definition) is 4. The minimum atomic E-state index is -3.56. The average molecular weight is 489 g/mol. The van der Waals surface area contributed by atoms with E-state index in [2.05, 4.69) is 71.9 Å². The van der Waals surface area contributed by atoms with E-state index in [-0.39, 0.29) is 11.3 Å². The molecule has 0 saturated heterocycles. The third-order valence-corrected chi connectivity index (χ3v) is 8.65. The van der Waals surface area contributed by atoms with Gasteiger partial charge in [0, 0.05) is 5.41 Å². The minimum Gasteiger partial charge on any atom is -0.390 e. The highest BCUT2D eigenvalue weighted by molar-refractivity contribution is 7.86. The van der Waals surface area contributed by atoms with E-state index in [0.29, 0.717) is 11.7 Å². The van der Waals surface area contributed by atoms with Gasteiger partial charge in [0.25, 0.3) is 0 Å². The lowest BCUT2D eigenvalue weighted by atomic mass is 9.70. The highest BCUT2D eigenvalue weighted by Crippen LogP contribution is 2.41. The Morgan fingerprint density at radius 2 is 1.41 bits per heavy atom. The van der Waals surface area contributed by atoms with E-state index in [1.54, 1.807) is 6.07 Å². The molecule has 0 aliphatic carbocycles. The van der Waals surface area contributed by atoms with E-state index in [9.17, 15) is 13.5 Å². The van der Waals surface area contributed by atoms with Crippen LogP contribution in [0, 0.1) is 18.8 Å². The quantitative estimate of drug-likeness (QED) is 0.334. The molecule has 0 aromatic heterocycles. The van der Waals surface area contributed by atoms with Gasteiger partial charge in [0.2, 0.25) is 0 Å². The number of hydrogen-bond donors (Lipinski definition) is 1. The monoisotopic (exact) mass is 488 g/mol. The van der Waals surface area contributed by atoms with Crippen LogP contribution in [0.15, 0.2) is 42.5 Å². The first-order valence-corrected chi connectivity index (χ1v) is 14.5. The standard InChI is InChI=1S/C29H44O4S/c1-9-28(10-2,26-17-18-27(22(6)20-26)33-34(8,31)32)25-15-13-24(14-16-25)19-21(5)23(7)29(30,11-3)12-4/h13-18,20-21,23,30H,9-12,19H2,1-8H3. The van der Waals surface area contributed by atoms with Crippen LogP contribution in [0.1, 0.15) is 89.5 Å². The molecule has 0 heterocycles. The van der Waals surface area contributed by atoms with Crippen LogP contribution in [-0.4, -0.2) is 25.4 Å². The molecule has 34 heavy (non-hydrogen) atoms. The molecular formula is C29H44O4S. The summed E-state index contributed by atoms with van der Waals surface area (Å²) in [7, 11) is -3.56. The molecule has 190 valence electrons. The molecule has 2 aromatic rings. The van der Waals surface area contributed by atoms with Crippen molar-refractivity contribution in [2.75, 3.05) is 6.26 Å². The summed E-state index contributed by atoms with van der Waals surface area (Å²) in [6.45, 7) is 14.8. The predicted octanol–water partition coefficient (Wildman–Crippen LogP) is 6.81. The predicted molar refractivity (Wildman–Crippen MR) is 142 cm³/mol.